The standard InChI is InChI=1S/C21H34N2O/c1-4-24-21-7-5-19(6-8-21)16-22-11-9-20(10-12-22)23-14-17(2)13-18(3)15-23/h5-8,17-18,20H,4,9-16H2,1-3H3/p+2. The monoisotopic (exact) mass is 332 g/mol. The van der Waals surface area contributed by atoms with E-state index in [4.69, 9.17) is 4.74 Å². The molecule has 2 unspecified atom stereocenters. The van der Waals surface area contributed by atoms with Gasteiger partial charge in [0.25, 0.3) is 0 Å². The fourth-order valence-corrected chi connectivity index (χ4v) is 4.94. The summed E-state index contributed by atoms with van der Waals surface area (Å²) in [7, 11) is 0. The molecule has 1 aromatic carbocycles. The number of rotatable bonds is 5. The van der Waals surface area contributed by atoms with E-state index in [1.165, 1.54) is 57.5 Å². The average Bonchev–Trinajstić information content (AvgIpc) is 2.57. The number of nitrogens with one attached hydrogen (secondary N) is 2. The van der Waals surface area contributed by atoms with Crippen molar-refractivity contribution in [3.63, 3.8) is 0 Å². The smallest absolute Gasteiger partial charge is 0.119 e. The van der Waals surface area contributed by atoms with Gasteiger partial charge in [0.2, 0.25) is 0 Å². The molecule has 2 N–H and O–H groups in total. The molecule has 1 aromatic rings. The SMILES string of the molecule is CCOc1ccc(C[NH+]2CCC([NH+]3CC(C)CC(C)C3)CC2)cc1. The van der Waals surface area contributed by atoms with E-state index in [1.807, 2.05) is 11.8 Å². The molecule has 24 heavy (non-hydrogen) atoms. The number of benzene rings is 1. The predicted molar refractivity (Wildman–Crippen MR) is 98.7 cm³/mol. The molecular weight excluding hydrogens is 296 g/mol. The van der Waals surface area contributed by atoms with E-state index in [-0.39, 0.29) is 0 Å². The van der Waals surface area contributed by atoms with Crippen LogP contribution >= 0.6 is 0 Å². The van der Waals surface area contributed by atoms with Crippen molar-refractivity contribution in [2.45, 2.75) is 52.6 Å². The first kappa shape index (κ1) is 17.8. The third-order valence-corrected chi connectivity index (χ3v) is 5.98. The van der Waals surface area contributed by atoms with Crippen molar-refractivity contribution < 1.29 is 14.5 Å². The van der Waals surface area contributed by atoms with E-state index in [1.54, 1.807) is 4.90 Å². The Morgan fingerprint density at radius 3 is 2.21 bits per heavy atom. The highest BCUT2D eigenvalue weighted by atomic mass is 16.5. The third kappa shape index (κ3) is 4.73. The topological polar surface area (TPSA) is 18.1 Å². The molecule has 2 aliphatic heterocycles. The van der Waals surface area contributed by atoms with Gasteiger partial charge in [0.15, 0.2) is 0 Å². The first-order chi connectivity index (χ1) is 11.6. The summed E-state index contributed by atoms with van der Waals surface area (Å²) in [4.78, 5) is 3.66. The Morgan fingerprint density at radius 1 is 1.00 bits per heavy atom. The zero-order valence-corrected chi connectivity index (χ0v) is 15.8. The molecule has 0 aromatic heterocycles. The van der Waals surface area contributed by atoms with Crippen molar-refractivity contribution in [2.24, 2.45) is 11.8 Å². The summed E-state index contributed by atoms with van der Waals surface area (Å²) in [5, 5.41) is 0. The summed E-state index contributed by atoms with van der Waals surface area (Å²) in [5.74, 6) is 2.82. The van der Waals surface area contributed by atoms with Crippen molar-refractivity contribution in [1.29, 1.82) is 0 Å². The highest BCUT2D eigenvalue weighted by Gasteiger charge is 2.34. The Bertz CT molecular complexity index is 483. The van der Waals surface area contributed by atoms with Crippen molar-refractivity contribution in [1.82, 2.24) is 0 Å². The number of piperidine rings is 2. The van der Waals surface area contributed by atoms with Crippen LogP contribution in [0.15, 0.2) is 24.3 Å². The Hall–Kier alpha value is -1.06. The zero-order chi connectivity index (χ0) is 16.9. The predicted octanol–water partition coefficient (Wildman–Crippen LogP) is 1.19. The Morgan fingerprint density at radius 2 is 1.62 bits per heavy atom. The lowest BCUT2D eigenvalue weighted by molar-refractivity contribution is -0.969. The number of quaternary nitrogens is 2. The number of hydrogen-bond donors (Lipinski definition) is 2. The minimum atomic E-state index is 0.744. The molecule has 0 saturated carbocycles. The molecule has 3 rings (SSSR count). The molecule has 2 aliphatic rings. The highest BCUT2D eigenvalue weighted by Crippen LogP contribution is 2.14. The van der Waals surface area contributed by atoms with Crippen LogP contribution in [-0.4, -0.2) is 38.8 Å². The average molecular weight is 333 g/mol. The minimum Gasteiger partial charge on any atom is -0.494 e. The number of hydrogen-bond acceptors (Lipinski definition) is 1. The van der Waals surface area contributed by atoms with Crippen LogP contribution < -0.4 is 14.5 Å². The van der Waals surface area contributed by atoms with Crippen LogP contribution in [0.3, 0.4) is 0 Å². The molecule has 3 heteroatoms. The zero-order valence-electron chi connectivity index (χ0n) is 15.8. The van der Waals surface area contributed by atoms with Gasteiger partial charge in [-0.25, -0.2) is 0 Å². The van der Waals surface area contributed by atoms with Gasteiger partial charge in [0.05, 0.1) is 38.8 Å². The normalized spacial score (nSPS) is 34.0. The second-order valence-electron chi connectivity index (χ2n) is 8.29. The molecular formula is C21H36N2O+2. The number of ether oxygens (including phenoxy) is 1. The molecule has 2 atom stereocenters. The lowest BCUT2D eigenvalue weighted by Gasteiger charge is -2.39. The first-order valence-corrected chi connectivity index (χ1v) is 10.0. The fourth-order valence-electron chi connectivity index (χ4n) is 4.94. The second kappa shape index (κ2) is 8.35. The molecule has 2 heterocycles. The van der Waals surface area contributed by atoms with E-state index in [0.29, 0.717) is 0 Å². The van der Waals surface area contributed by atoms with E-state index < -0.39 is 0 Å². The maximum Gasteiger partial charge on any atom is 0.119 e. The molecule has 134 valence electrons. The first-order valence-electron chi connectivity index (χ1n) is 10.0. The summed E-state index contributed by atoms with van der Waals surface area (Å²) in [6.45, 7) is 14.3. The summed E-state index contributed by atoms with van der Waals surface area (Å²) in [6.07, 6.45) is 4.24. The van der Waals surface area contributed by atoms with Crippen LogP contribution in [-0.2, 0) is 6.54 Å². The summed E-state index contributed by atoms with van der Waals surface area (Å²) in [5.41, 5.74) is 1.44. The van der Waals surface area contributed by atoms with Crippen LogP contribution in [0, 0.1) is 11.8 Å². The van der Waals surface area contributed by atoms with Gasteiger partial charge >= 0.3 is 0 Å². The lowest BCUT2D eigenvalue weighted by atomic mass is 9.89. The molecule has 2 fully saturated rings. The van der Waals surface area contributed by atoms with Crippen molar-refractivity contribution in [2.75, 3.05) is 32.8 Å². The lowest BCUT2D eigenvalue weighted by Crippen LogP contribution is -3.21. The van der Waals surface area contributed by atoms with Crippen LogP contribution in [0.5, 0.6) is 5.75 Å². The van der Waals surface area contributed by atoms with Gasteiger partial charge in [-0.2, -0.15) is 0 Å². The maximum absolute atomic E-state index is 5.54. The van der Waals surface area contributed by atoms with Crippen molar-refractivity contribution in [3.8, 4) is 5.75 Å². The Kier molecular flexibility index (Phi) is 6.18. The van der Waals surface area contributed by atoms with Crippen LogP contribution in [0.4, 0.5) is 0 Å². The molecule has 0 aliphatic carbocycles. The summed E-state index contributed by atoms with van der Waals surface area (Å²) in [6, 6.07) is 9.63. The van der Waals surface area contributed by atoms with E-state index in [9.17, 15) is 0 Å². The quantitative estimate of drug-likeness (QED) is 0.829. The van der Waals surface area contributed by atoms with Gasteiger partial charge in [-0.15, -0.1) is 0 Å². The second-order valence-corrected chi connectivity index (χ2v) is 8.29. The van der Waals surface area contributed by atoms with Crippen LogP contribution in [0.2, 0.25) is 0 Å². The Balaban J connectivity index is 1.46. The summed E-state index contributed by atoms with van der Waals surface area (Å²) >= 11 is 0. The highest BCUT2D eigenvalue weighted by molar-refractivity contribution is 5.26. The van der Waals surface area contributed by atoms with Crippen LogP contribution in [0.1, 0.15) is 45.6 Å². The fraction of sp³-hybridized carbons (Fsp3) is 0.714. The molecule has 3 nitrogen and oxygen atoms in total. The van der Waals surface area contributed by atoms with E-state index in [2.05, 4.69) is 38.1 Å². The third-order valence-electron chi connectivity index (χ3n) is 5.98. The minimum absolute atomic E-state index is 0.744. The molecule has 0 amide bonds. The largest absolute Gasteiger partial charge is 0.494 e. The molecule has 2 saturated heterocycles. The molecule has 0 radical (unpaired) electrons. The molecule has 0 spiro atoms. The van der Waals surface area contributed by atoms with Gasteiger partial charge in [-0.05, 0) is 37.6 Å². The van der Waals surface area contributed by atoms with Crippen LogP contribution in [0.25, 0.3) is 0 Å². The summed E-state index contributed by atoms with van der Waals surface area (Å²) < 4.78 is 5.54. The van der Waals surface area contributed by atoms with E-state index >= 15 is 0 Å². The van der Waals surface area contributed by atoms with Crippen molar-refractivity contribution >= 4 is 0 Å². The van der Waals surface area contributed by atoms with Gasteiger partial charge in [-0.1, -0.05) is 13.8 Å². The van der Waals surface area contributed by atoms with Gasteiger partial charge in [-0.3, -0.25) is 0 Å². The maximum atomic E-state index is 5.54. The van der Waals surface area contributed by atoms with Gasteiger partial charge in [0, 0.05) is 30.2 Å². The van der Waals surface area contributed by atoms with Gasteiger partial charge < -0.3 is 14.5 Å². The van der Waals surface area contributed by atoms with E-state index in [0.717, 1.165) is 30.2 Å². The van der Waals surface area contributed by atoms with Crippen molar-refractivity contribution in [3.05, 3.63) is 29.8 Å². The number of likely N-dealkylation sites (tertiary alicyclic amines) is 2. The van der Waals surface area contributed by atoms with Gasteiger partial charge in [0.1, 0.15) is 12.3 Å². The molecule has 0 bridgehead atoms. The Labute approximate surface area is 148 Å².